The van der Waals surface area contributed by atoms with E-state index in [0.717, 1.165) is 18.2 Å². The minimum Gasteiger partial charge on any atom is -0.314 e. The van der Waals surface area contributed by atoms with Crippen molar-refractivity contribution in [2.24, 2.45) is 0 Å². The third-order valence-corrected chi connectivity index (χ3v) is 3.26. The summed E-state index contributed by atoms with van der Waals surface area (Å²) >= 11 is 1.10. The van der Waals surface area contributed by atoms with Crippen molar-refractivity contribution in [2.75, 3.05) is 26.9 Å². The normalized spacial score (nSPS) is 18.1. The van der Waals surface area contributed by atoms with Crippen LogP contribution in [-0.4, -0.2) is 60.5 Å². The SMILES string of the molecule is CC(=O)CN1N(C)SC(OS(C)(=O)=O)=[N+]1C. The molecule has 92 valence electrons. The lowest BCUT2D eigenvalue weighted by atomic mass is 10.5. The molecular formula is C7H14N3O4S2+. The summed E-state index contributed by atoms with van der Waals surface area (Å²) in [4.78, 5) is 11.0. The van der Waals surface area contributed by atoms with Gasteiger partial charge < -0.3 is 4.18 Å². The number of hydrogen-bond donors (Lipinski definition) is 0. The summed E-state index contributed by atoms with van der Waals surface area (Å²) in [5.41, 5.74) is 0. The lowest BCUT2D eigenvalue weighted by molar-refractivity contribution is -0.692. The molecule has 0 aliphatic carbocycles. The maximum Gasteiger partial charge on any atom is 0.463 e. The summed E-state index contributed by atoms with van der Waals surface area (Å²) in [6.45, 7) is 1.62. The number of ketones is 1. The first-order chi connectivity index (χ1) is 7.20. The Kier molecular flexibility index (Phi) is 3.81. The molecule has 0 N–H and O–H groups in total. The van der Waals surface area contributed by atoms with E-state index in [4.69, 9.17) is 4.18 Å². The molecule has 0 atom stereocenters. The van der Waals surface area contributed by atoms with E-state index in [1.54, 1.807) is 23.6 Å². The van der Waals surface area contributed by atoms with E-state index in [-0.39, 0.29) is 17.6 Å². The number of rotatable bonds is 3. The minimum absolute atomic E-state index is 0.0279. The van der Waals surface area contributed by atoms with Crippen LogP contribution in [0.15, 0.2) is 0 Å². The second-order valence-electron chi connectivity index (χ2n) is 3.36. The number of Topliss-reactive ketones (excluding diaryl/α,β-unsaturated/α-hetero) is 1. The molecule has 0 aromatic carbocycles. The lowest BCUT2D eigenvalue weighted by Gasteiger charge is -2.16. The Balaban J connectivity index is 2.87. The van der Waals surface area contributed by atoms with Gasteiger partial charge in [0.25, 0.3) is 0 Å². The highest BCUT2D eigenvalue weighted by Gasteiger charge is 2.38. The summed E-state index contributed by atoms with van der Waals surface area (Å²) in [6.07, 6.45) is 0.974. The van der Waals surface area contributed by atoms with E-state index in [1.807, 2.05) is 0 Å². The second-order valence-corrected chi connectivity index (χ2v) is 6.00. The van der Waals surface area contributed by atoms with Gasteiger partial charge >= 0.3 is 15.3 Å². The van der Waals surface area contributed by atoms with Crippen LogP contribution in [0.3, 0.4) is 0 Å². The number of hydrazine groups is 2. The van der Waals surface area contributed by atoms with Gasteiger partial charge in [-0.15, -0.1) is 4.41 Å². The predicted octanol–water partition coefficient (Wildman–Crippen LogP) is -0.724. The third kappa shape index (κ3) is 3.35. The average Bonchev–Trinajstić information content (AvgIpc) is 2.29. The van der Waals surface area contributed by atoms with Gasteiger partial charge in [0.15, 0.2) is 19.4 Å². The van der Waals surface area contributed by atoms with E-state index in [2.05, 4.69) is 0 Å². The first-order valence-electron chi connectivity index (χ1n) is 4.39. The van der Waals surface area contributed by atoms with E-state index >= 15 is 0 Å². The van der Waals surface area contributed by atoms with E-state index < -0.39 is 10.1 Å². The lowest BCUT2D eigenvalue weighted by Crippen LogP contribution is -2.40. The zero-order valence-electron chi connectivity index (χ0n) is 9.50. The van der Waals surface area contributed by atoms with Crippen LogP contribution in [-0.2, 0) is 19.1 Å². The predicted molar refractivity (Wildman–Crippen MR) is 59.9 cm³/mol. The van der Waals surface area contributed by atoms with Crippen LogP contribution in [0.2, 0.25) is 0 Å². The summed E-state index contributed by atoms with van der Waals surface area (Å²) in [5, 5.41) is 1.78. The molecule has 1 heterocycles. The molecule has 16 heavy (non-hydrogen) atoms. The highest BCUT2D eigenvalue weighted by Crippen LogP contribution is 2.22. The monoisotopic (exact) mass is 268 g/mol. The fourth-order valence-electron chi connectivity index (χ4n) is 1.11. The van der Waals surface area contributed by atoms with E-state index in [0.29, 0.717) is 0 Å². The molecule has 1 aliphatic heterocycles. The smallest absolute Gasteiger partial charge is 0.314 e. The molecule has 0 aromatic rings. The van der Waals surface area contributed by atoms with Gasteiger partial charge in [0.2, 0.25) is 0 Å². The fraction of sp³-hybridized carbons (Fsp3) is 0.714. The Morgan fingerprint density at radius 3 is 2.56 bits per heavy atom. The van der Waals surface area contributed by atoms with Crippen LogP contribution in [0, 0.1) is 0 Å². The van der Waals surface area contributed by atoms with Gasteiger partial charge in [-0.2, -0.15) is 8.42 Å². The third-order valence-electron chi connectivity index (χ3n) is 1.73. The molecule has 0 spiro atoms. The van der Waals surface area contributed by atoms with Crippen LogP contribution in [0.25, 0.3) is 0 Å². The fourth-order valence-corrected chi connectivity index (χ4v) is 2.67. The van der Waals surface area contributed by atoms with Crippen molar-refractivity contribution >= 4 is 33.1 Å². The van der Waals surface area contributed by atoms with Crippen molar-refractivity contribution in [3.05, 3.63) is 0 Å². The zero-order chi connectivity index (χ0) is 12.5. The van der Waals surface area contributed by atoms with Gasteiger partial charge in [-0.3, -0.25) is 4.79 Å². The van der Waals surface area contributed by atoms with Crippen molar-refractivity contribution < 1.29 is 22.1 Å². The van der Waals surface area contributed by atoms with Crippen molar-refractivity contribution in [2.45, 2.75) is 6.92 Å². The molecule has 0 fully saturated rings. The van der Waals surface area contributed by atoms with Crippen molar-refractivity contribution in [3.8, 4) is 0 Å². The molecule has 0 bridgehead atoms. The Hall–Kier alpha value is -0.800. The maximum atomic E-state index is 11.0. The van der Waals surface area contributed by atoms with Crippen molar-refractivity contribution in [1.82, 2.24) is 9.53 Å². The Morgan fingerprint density at radius 1 is 1.56 bits per heavy atom. The van der Waals surface area contributed by atoms with Gasteiger partial charge in [0.05, 0.1) is 6.26 Å². The largest absolute Gasteiger partial charge is 0.463 e. The molecule has 1 rings (SSSR count). The highest BCUT2D eigenvalue weighted by molar-refractivity contribution is 8.12. The topological polar surface area (TPSA) is 69.9 Å². The van der Waals surface area contributed by atoms with Crippen LogP contribution in [0.4, 0.5) is 0 Å². The summed E-state index contributed by atoms with van der Waals surface area (Å²) in [5.74, 6) is -0.0279. The van der Waals surface area contributed by atoms with Crippen LogP contribution in [0.1, 0.15) is 6.92 Å². The van der Waals surface area contributed by atoms with Gasteiger partial charge in [-0.25, -0.2) is 0 Å². The molecule has 7 nitrogen and oxygen atoms in total. The number of hydrogen-bond acceptors (Lipinski definition) is 7. The Morgan fingerprint density at radius 2 is 2.12 bits per heavy atom. The van der Waals surface area contributed by atoms with Gasteiger partial charge in [0.1, 0.15) is 11.9 Å². The molecule has 0 saturated carbocycles. The molecule has 0 radical (unpaired) electrons. The molecule has 0 aromatic heterocycles. The van der Waals surface area contributed by atoms with Crippen LogP contribution >= 0.6 is 11.9 Å². The Labute approximate surface area is 98.9 Å². The summed E-state index contributed by atoms with van der Waals surface area (Å²) in [7, 11) is -0.218. The molecule has 0 saturated heterocycles. The van der Waals surface area contributed by atoms with E-state index in [9.17, 15) is 13.2 Å². The molecule has 9 heteroatoms. The number of carbonyl (C=O) groups is 1. The second kappa shape index (κ2) is 4.60. The number of hydrazone groups is 1. The maximum absolute atomic E-state index is 11.0. The summed E-state index contributed by atoms with van der Waals surface area (Å²) in [6, 6.07) is 0. The van der Waals surface area contributed by atoms with Crippen LogP contribution < -0.4 is 0 Å². The Bertz CT molecular complexity index is 431. The molecular weight excluding hydrogens is 254 g/mol. The molecule has 0 unspecified atom stereocenters. The number of carbonyl (C=O) groups excluding carboxylic acids is 1. The zero-order valence-corrected chi connectivity index (χ0v) is 11.1. The minimum atomic E-state index is -3.55. The average molecular weight is 268 g/mol. The quantitative estimate of drug-likeness (QED) is 0.380. The van der Waals surface area contributed by atoms with Gasteiger partial charge in [0, 0.05) is 7.05 Å². The molecule has 0 amide bonds. The van der Waals surface area contributed by atoms with Gasteiger partial charge in [-0.1, -0.05) is 9.80 Å². The van der Waals surface area contributed by atoms with Gasteiger partial charge in [-0.05, 0) is 6.92 Å². The summed E-state index contributed by atoms with van der Waals surface area (Å²) < 4.78 is 29.8. The highest BCUT2D eigenvalue weighted by atomic mass is 32.2. The van der Waals surface area contributed by atoms with Crippen LogP contribution in [0.5, 0.6) is 0 Å². The first kappa shape index (κ1) is 13.3. The van der Waals surface area contributed by atoms with E-state index in [1.165, 1.54) is 11.6 Å². The van der Waals surface area contributed by atoms with Crippen molar-refractivity contribution in [3.63, 3.8) is 0 Å². The standard InChI is InChI=1S/C7H14N3O4S2/c1-6(11)5-10-8(2)7(15-9(10)3)14-16(4,12)13/h5H2,1-4H3/q+1. The van der Waals surface area contributed by atoms with Crippen molar-refractivity contribution in [1.29, 1.82) is 0 Å². The first-order valence-corrected chi connectivity index (χ1v) is 6.98. The molecule has 1 aliphatic rings. The number of nitrogens with zero attached hydrogens (tertiary/aromatic N) is 3.